The highest BCUT2D eigenvalue weighted by atomic mass is 16.1. The van der Waals surface area contributed by atoms with E-state index in [0.29, 0.717) is 5.56 Å². The summed E-state index contributed by atoms with van der Waals surface area (Å²) in [6.07, 6.45) is 6.43. The Labute approximate surface area is 117 Å². The molecule has 2 rings (SSSR count). The topological polar surface area (TPSA) is 59.1 Å². The molecule has 1 amide bonds. The van der Waals surface area contributed by atoms with Crippen molar-refractivity contribution >= 4 is 23.5 Å². The van der Waals surface area contributed by atoms with Gasteiger partial charge in [0.2, 0.25) is 5.91 Å². The molecule has 0 radical (unpaired) electrons. The molecule has 0 bridgehead atoms. The maximum atomic E-state index is 11.9. The monoisotopic (exact) mass is 266 g/mol. The molecular weight excluding hydrogens is 252 g/mol. The fourth-order valence-corrected chi connectivity index (χ4v) is 1.67. The summed E-state index contributed by atoms with van der Waals surface area (Å²) < 4.78 is 0. The van der Waals surface area contributed by atoms with Crippen LogP contribution >= 0.6 is 0 Å². The number of amides is 1. The van der Waals surface area contributed by atoms with E-state index in [0.717, 1.165) is 11.3 Å². The van der Waals surface area contributed by atoms with Crippen LogP contribution in [0.2, 0.25) is 0 Å². The van der Waals surface area contributed by atoms with E-state index in [1.54, 1.807) is 42.7 Å². The van der Waals surface area contributed by atoms with Gasteiger partial charge in [0.05, 0.1) is 0 Å². The van der Waals surface area contributed by atoms with E-state index in [2.05, 4.69) is 10.3 Å². The van der Waals surface area contributed by atoms with Crippen molar-refractivity contribution in [1.82, 2.24) is 4.98 Å². The number of nitrogens with one attached hydrogen (secondary N) is 1. The second-order valence-corrected chi connectivity index (χ2v) is 4.24. The Morgan fingerprint density at radius 3 is 2.30 bits per heavy atom. The lowest BCUT2D eigenvalue weighted by Gasteiger charge is -2.01. The van der Waals surface area contributed by atoms with Crippen LogP contribution in [0.25, 0.3) is 6.08 Å². The molecule has 0 spiro atoms. The van der Waals surface area contributed by atoms with Gasteiger partial charge in [0.1, 0.15) is 0 Å². The summed E-state index contributed by atoms with van der Waals surface area (Å²) in [6.45, 7) is 1.46. The highest BCUT2D eigenvalue weighted by Gasteiger charge is 2.00. The molecule has 0 saturated carbocycles. The Bertz CT molecular complexity index is 631. The van der Waals surface area contributed by atoms with Gasteiger partial charge in [0.15, 0.2) is 5.78 Å². The number of hydrogen-bond acceptors (Lipinski definition) is 3. The van der Waals surface area contributed by atoms with Crippen LogP contribution < -0.4 is 5.32 Å². The number of ketones is 1. The van der Waals surface area contributed by atoms with Gasteiger partial charge in [-0.05, 0) is 35.9 Å². The Hall–Kier alpha value is -2.75. The van der Waals surface area contributed by atoms with Gasteiger partial charge in [-0.3, -0.25) is 14.6 Å². The van der Waals surface area contributed by atoms with Crippen LogP contribution in [0.3, 0.4) is 0 Å². The second kappa shape index (κ2) is 6.43. The predicted octanol–water partition coefficient (Wildman–Crippen LogP) is 2.94. The summed E-state index contributed by atoms with van der Waals surface area (Å²) in [4.78, 5) is 26.6. The molecule has 0 aliphatic heterocycles. The quantitative estimate of drug-likeness (QED) is 0.683. The maximum absolute atomic E-state index is 11.9. The fraction of sp³-hybridized carbons (Fsp3) is 0.0625. The predicted molar refractivity (Wildman–Crippen MR) is 78.3 cm³/mol. The van der Waals surface area contributed by atoms with Crippen molar-refractivity contribution in [2.24, 2.45) is 0 Å². The largest absolute Gasteiger partial charge is 0.326 e. The van der Waals surface area contributed by atoms with Crippen molar-refractivity contribution in [2.75, 3.05) is 5.32 Å². The molecule has 1 aromatic carbocycles. The van der Waals surface area contributed by atoms with Crippen molar-refractivity contribution in [3.63, 3.8) is 0 Å². The minimum absolute atomic E-state index is 0.0710. The van der Waals surface area contributed by atoms with E-state index >= 15 is 0 Å². The Morgan fingerprint density at radius 1 is 1.05 bits per heavy atom. The molecule has 4 nitrogen and oxygen atoms in total. The molecule has 1 aromatic heterocycles. The van der Waals surface area contributed by atoms with Crippen LogP contribution in [0.1, 0.15) is 22.8 Å². The molecule has 2 aromatic rings. The number of carbonyl (C=O) groups is 2. The molecule has 0 unspecified atom stereocenters. The van der Waals surface area contributed by atoms with Gasteiger partial charge in [0.25, 0.3) is 0 Å². The summed E-state index contributed by atoms with van der Waals surface area (Å²) in [5.74, 6) is -0.181. The molecule has 1 N–H and O–H groups in total. The van der Waals surface area contributed by atoms with Crippen LogP contribution in [0, 0.1) is 0 Å². The average molecular weight is 266 g/mol. The number of pyridine rings is 1. The highest BCUT2D eigenvalue weighted by Crippen LogP contribution is 2.11. The number of hydrogen-bond donors (Lipinski definition) is 1. The zero-order valence-electron chi connectivity index (χ0n) is 11.0. The molecule has 0 fully saturated rings. The molecule has 0 aliphatic rings. The molecular formula is C16H14N2O2. The van der Waals surface area contributed by atoms with Crippen LogP contribution in [-0.2, 0) is 4.79 Å². The molecule has 1 heterocycles. The number of aromatic nitrogens is 1. The minimum atomic E-state index is -0.110. The van der Waals surface area contributed by atoms with Crippen molar-refractivity contribution in [1.29, 1.82) is 0 Å². The smallest absolute Gasteiger partial charge is 0.221 e. The fourth-order valence-electron chi connectivity index (χ4n) is 1.67. The van der Waals surface area contributed by atoms with Gasteiger partial charge >= 0.3 is 0 Å². The Kier molecular flexibility index (Phi) is 4.39. The number of allylic oxidation sites excluding steroid dienone is 1. The third-order valence-corrected chi connectivity index (χ3v) is 2.62. The normalized spacial score (nSPS) is 10.4. The van der Waals surface area contributed by atoms with Gasteiger partial charge in [-0.25, -0.2) is 0 Å². The standard InChI is InChI=1S/C16H14N2O2/c1-12(19)18-15-5-2-13(3-6-15)4-7-16(20)14-8-10-17-11-9-14/h2-11H,1H3,(H,18,19). The zero-order valence-corrected chi connectivity index (χ0v) is 11.0. The average Bonchev–Trinajstić information content (AvgIpc) is 2.46. The van der Waals surface area contributed by atoms with Gasteiger partial charge in [-0.15, -0.1) is 0 Å². The van der Waals surface area contributed by atoms with Gasteiger partial charge in [-0.2, -0.15) is 0 Å². The van der Waals surface area contributed by atoms with Crippen LogP contribution in [-0.4, -0.2) is 16.7 Å². The highest BCUT2D eigenvalue weighted by molar-refractivity contribution is 6.06. The van der Waals surface area contributed by atoms with E-state index in [4.69, 9.17) is 0 Å². The van der Waals surface area contributed by atoms with E-state index in [1.165, 1.54) is 13.0 Å². The molecule has 0 aliphatic carbocycles. The van der Waals surface area contributed by atoms with E-state index in [-0.39, 0.29) is 11.7 Å². The van der Waals surface area contributed by atoms with Crippen molar-refractivity contribution < 1.29 is 9.59 Å². The van der Waals surface area contributed by atoms with Crippen LogP contribution in [0.5, 0.6) is 0 Å². The SMILES string of the molecule is CC(=O)Nc1ccc(C=CC(=O)c2ccncc2)cc1. The summed E-state index contributed by atoms with van der Waals surface area (Å²) in [5.41, 5.74) is 2.22. The number of anilines is 1. The first-order valence-corrected chi connectivity index (χ1v) is 6.15. The third kappa shape index (κ3) is 3.88. The van der Waals surface area contributed by atoms with Crippen LogP contribution in [0.4, 0.5) is 5.69 Å². The Morgan fingerprint density at radius 2 is 1.70 bits per heavy atom. The molecule has 0 atom stereocenters. The molecule has 100 valence electrons. The zero-order chi connectivity index (χ0) is 14.4. The first-order valence-electron chi connectivity index (χ1n) is 6.15. The third-order valence-electron chi connectivity index (χ3n) is 2.62. The lowest BCUT2D eigenvalue weighted by molar-refractivity contribution is -0.114. The van der Waals surface area contributed by atoms with E-state index in [1.807, 2.05) is 12.1 Å². The minimum Gasteiger partial charge on any atom is -0.326 e. The van der Waals surface area contributed by atoms with Gasteiger partial charge in [0, 0.05) is 30.6 Å². The molecule has 20 heavy (non-hydrogen) atoms. The number of nitrogens with zero attached hydrogens (tertiary/aromatic N) is 1. The maximum Gasteiger partial charge on any atom is 0.221 e. The first-order chi connectivity index (χ1) is 9.65. The van der Waals surface area contributed by atoms with Crippen LogP contribution in [0.15, 0.2) is 54.9 Å². The summed E-state index contributed by atoms with van der Waals surface area (Å²) in [5, 5.41) is 2.69. The lowest BCUT2D eigenvalue weighted by atomic mass is 10.1. The second-order valence-electron chi connectivity index (χ2n) is 4.24. The lowest BCUT2D eigenvalue weighted by Crippen LogP contribution is -2.05. The number of rotatable bonds is 4. The number of benzene rings is 1. The van der Waals surface area contributed by atoms with Gasteiger partial charge < -0.3 is 5.32 Å². The summed E-state index contributed by atoms with van der Waals surface area (Å²) >= 11 is 0. The Balaban J connectivity index is 2.04. The van der Waals surface area contributed by atoms with E-state index in [9.17, 15) is 9.59 Å². The van der Waals surface area contributed by atoms with Crippen molar-refractivity contribution in [3.8, 4) is 0 Å². The number of carbonyl (C=O) groups excluding carboxylic acids is 2. The van der Waals surface area contributed by atoms with E-state index < -0.39 is 0 Å². The van der Waals surface area contributed by atoms with Gasteiger partial charge in [-0.1, -0.05) is 18.2 Å². The molecule has 0 saturated heterocycles. The van der Waals surface area contributed by atoms with Crippen molar-refractivity contribution in [3.05, 3.63) is 66.0 Å². The first kappa shape index (κ1) is 13.7. The summed E-state index contributed by atoms with van der Waals surface area (Å²) in [6, 6.07) is 10.6. The van der Waals surface area contributed by atoms with Crippen molar-refractivity contribution in [2.45, 2.75) is 6.92 Å². The summed E-state index contributed by atoms with van der Waals surface area (Å²) in [7, 11) is 0. The molecule has 4 heteroatoms.